The number of hydrogen-bond acceptors (Lipinski definition) is 0. The Bertz CT molecular complexity index is 2430. The van der Waals surface area contributed by atoms with E-state index in [0.717, 1.165) is 5.32 Å². The Balaban J connectivity index is 1.61. The molecule has 7 rings (SSSR count). The van der Waals surface area contributed by atoms with Gasteiger partial charge in [0.2, 0.25) is 0 Å². The van der Waals surface area contributed by atoms with E-state index in [2.05, 4.69) is 254 Å². The van der Waals surface area contributed by atoms with Crippen LogP contribution in [0.15, 0.2) is 127 Å². The van der Waals surface area contributed by atoms with Crippen molar-refractivity contribution in [3.05, 3.63) is 177 Å². The summed E-state index contributed by atoms with van der Waals surface area (Å²) in [4.78, 5) is 0. The van der Waals surface area contributed by atoms with Crippen molar-refractivity contribution in [1.82, 2.24) is 0 Å². The Hall–Kier alpha value is -4.94. The summed E-state index contributed by atoms with van der Waals surface area (Å²) in [5.41, 5.74) is 28.5. The second kappa shape index (κ2) is 21.4. The van der Waals surface area contributed by atoms with E-state index < -0.39 is 0 Å². The molecule has 0 spiro atoms. The number of hydrogen-bond donors (Lipinski definition) is 0. The first-order valence-corrected chi connectivity index (χ1v) is 27.1. The summed E-state index contributed by atoms with van der Waals surface area (Å²) in [7, 11) is 0. The van der Waals surface area contributed by atoms with Crippen molar-refractivity contribution in [2.75, 3.05) is 0 Å². The maximum atomic E-state index is 3.56. The molecule has 0 atom stereocenters. The SMILES string of the molecule is CC(C)c1cccc(C(C)C)c1-c1cc(-c2cccc(-c3cc(-c4c(C(C)C)cccc4C(C)C)cc(-c4c(C(C)C)cccc4C(C)C)c3)c2C[Se])cc(-c2c(C(C)C)cccc2C(C)C)c1. The van der Waals surface area contributed by atoms with Gasteiger partial charge in [0, 0.05) is 0 Å². The summed E-state index contributed by atoms with van der Waals surface area (Å²) in [5, 5.41) is 0.782. The number of benzene rings is 7. The fourth-order valence-corrected chi connectivity index (χ4v) is 11.6. The van der Waals surface area contributed by atoms with Gasteiger partial charge in [0.25, 0.3) is 0 Å². The fourth-order valence-electron chi connectivity index (χ4n) is 11.0. The van der Waals surface area contributed by atoms with Gasteiger partial charge in [-0.3, -0.25) is 0 Å². The van der Waals surface area contributed by atoms with Crippen LogP contribution < -0.4 is 0 Å². The molecule has 0 aliphatic heterocycles. The zero-order chi connectivity index (χ0) is 49.3. The summed E-state index contributed by atoms with van der Waals surface area (Å²) in [6.07, 6.45) is 0. The van der Waals surface area contributed by atoms with Crippen LogP contribution in [-0.4, -0.2) is 16.0 Å². The zero-order valence-corrected chi connectivity index (χ0v) is 46.1. The molecule has 1 heteroatoms. The van der Waals surface area contributed by atoms with Gasteiger partial charge >= 0.3 is 424 Å². The first-order valence-electron chi connectivity index (χ1n) is 25.9. The van der Waals surface area contributed by atoms with Crippen molar-refractivity contribution in [2.24, 2.45) is 0 Å². The molecule has 0 amide bonds. The third-order valence-electron chi connectivity index (χ3n) is 14.5. The topological polar surface area (TPSA) is 0 Å². The van der Waals surface area contributed by atoms with Crippen molar-refractivity contribution < 1.29 is 0 Å². The molecule has 68 heavy (non-hydrogen) atoms. The van der Waals surface area contributed by atoms with Gasteiger partial charge in [0.1, 0.15) is 0 Å². The molecule has 1 radical (unpaired) electrons. The summed E-state index contributed by atoms with van der Waals surface area (Å²) >= 11 is 3.56. The van der Waals surface area contributed by atoms with Crippen molar-refractivity contribution in [1.29, 1.82) is 0 Å². The second-order valence-electron chi connectivity index (χ2n) is 22.1. The summed E-state index contributed by atoms with van der Waals surface area (Å²) in [5.74, 6) is 3.03. The Labute approximate surface area is 421 Å². The van der Waals surface area contributed by atoms with E-state index in [-0.39, 0.29) is 0 Å². The van der Waals surface area contributed by atoms with Crippen LogP contribution in [0.1, 0.15) is 208 Å². The molecule has 0 nitrogen and oxygen atoms in total. The quantitative estimate of drug-likeness (QED) is 0.0899. The van der Waals surface area contributed by atoms with Gasteiger partial charge in [-0.2, -0.15) is 0 Å². The van der Waals surface area contributed by atoms with E-state index in [9.17, 15) is 0 Å². The molecular weight excluding hydrogens is 884 g/mol. The van der Waals surface area contributed by atoms with E-state index in [1.54, 1.807) is 0 Å². The maximum absolute atomic E-state index is 3.56. The van der Waals surface area contributed by atoms with E-state index in [1.807, 2.05) is 0 Å². The number of rotatable bonds is 15. The monoisotopic (exact) mass is 964 g/mol. The van der Waals surface area contributed by atoms with Gasteiger partial charge in [-0.25, -0.2) is 0 Å². The Kier molecular flexibility index (Phi) is 16.0. The second-order valence-corrected chi connectivity index (χ2v) is 22.7. The third kappa shape index (κ3) is 10.2. The van der Waals surface area contributed by atoms with Gasteiger partial charge in [-0.05, 0) is 0 Å². The van der Waals surface area contributed by atoms with Crippen LogP contribution in [0.3, 0.4) is 0 Å². The standard InChI is InChI=1S/C67H79Se/c1-39(2)53-22-17-23-54(40(3)4)64(53)49-32-47(33-50(36-49)65-55(41(5)6)24-18-25-56(65)42(7)8)61-30-21-31-62(63(61)38-68)48-34-51(66-57(43(9)10)26-19-27-58(66)44(11)12)37-52(35-48)67-59(45(13)14)28-20-29-60(67)46(15)16/h17-37,39-46H,38H2,1-16H3. The van der Waals surface area contributed by atoms with Gasteiger partial charge in [-0.1, -0.05) is 0 Å². The predicted molar refractivity (Wildman–Crippen MR) is 301 cm³/mol. The van der Waals surface area contributed by atoms with Gasteiger partial charge in [0.05, 0.1) is 0 Å². The molecule has 0 aromatic heterocycles. The van der Waals surface area contributed by atoms with Crippen LogP contribution in [0, 0.1) is 0 Å². The van der Waals surface area contributed by atoms with Gasteiger partial charge in [0.15, 0.2) is 0 Å². The first-order chi connectivity index (χ1) is 32.3. The predicted octanol–water partition coefficient (Wildman–Crippen LogP) is 20.3. The molecule has 0 unspecified atom stereocenters. The normalized spacial score (nSPS) is 12.1. The molecular formula is C67H79Se. The van der Waals surface area contributed by atoms with Crippen LogP contribution in [0.5, 0.6) is 0 Å². The third-order valence-corrected chi connectivity index (χ3v) is 15.1. The average Bonchev–Trinajstić information content (AvgIpc) is 3.32. The average molecular weight is 963 g/mol. The Morgan fingerprint density at radius 3 is 0.618 bits per heavy atom. The van der Waals surface area contributed by atoms with Crippen molar-refractivity contribution in [2.45, 2.75) is 163 Å². The van der Waals surface area contributed by atoms with E-state index in [0.29, 0.717) is 47.3 Å². The molecule has 0 bridgehead atoms. The van der Waals surface area contributed by atoms with Crippen LogP contribution in [0.4, 0.5) is 0 Å². The summed E-state index contributed by atoms with van der Waals surface area (Å²) in [6, 6.07) is 50.2. The van der Waals surface area contributed by atoms with Crippen LogP contribution in [0.2, 0.25) is 0 Å². The van der Waals surface area contributed by atoms with Crippen LogP contribution >= 0.6 is 0 Å². The van der Waals surface area contributed by atoms with Crippen LogP contribution in [0.25, 0.3) is 66.8 Å². The molecule has 353 valence electrons. The molecule has 0 fully saturated rings. The molecule has 0 N–H and O–H groups in total. The molecule has 0 heterocycles. The molecule has 0 saturated heterocycles. The summed E-state index contributed by atoms with van der Waals surface area (Å²) < 4.78 is 0. The zero-order valence-electron chi connectivity index (χ0n) is 44.4. The van der Waals surface area contributed by atoms with Gasteiger partial charge in [-0.15, -0.1) is 0 Å². The Morgan fingerprint density at radius 1 is 0.265 bits per heavy atom. The summed E-state index contributed by atoms with van der Waals surface area (Å²) in [6.45, 7) is 37.6. The van der Waals surface area contributed by atoms with E-state index in [4.69, 9.17) is 0 Å². The van der Waals surface area contributed by atoms with Crippen molar-refractivity contribution in [3.63, 3.8) is 0 Å². The molecule has 7 aromatic rings. The first kappa shape index (κ1) is 50.9. The molecule has 7 aromatic carbocycles. The molecule has 0 aliphatic rings. The minimum absolute atomic E-state index is 0.379. The van der Waals surface area contributed by atoms with E-state index >= 15 is 0 Å². The van der Waals surface area contributed by atoms with E-state index in [1.165, 1.54) is 117 Å². The van der Waals surface area contributed by atoms with Crippen molar-refractivity contribution >= 4 is 16.0 Å². The fraction of sp³-hybridized carbons (Fsp3) is 0.373. The molecule has 0 saturated carbocycles. The van der Waals surface area contributed by atoms with Gasteiger partial charge < -0.3 is 0 Å². The Morgan fingerprint density at radius 2 is 0.441 bits per heavy atom. The minimum atomic E-state index is 0.379. The molecule has 0 aliphatic carbocycles. The van der Waals surface area contributed by atoms with Crippen LogP contribution in [-0.2, 0) is 5.32 Å². The van der Waals surface area contributed by atoms with Crippen molar-refractivity contribution in [3.8, 4) is 66.8 Å².